The predicted molar refractivity (Wildman–Crippen MR) is 56.1 cm³/mol. The van der Waals surface area contributed by atoms with E-state index < -0.39 is 0 Å². The van der Waals surface area contributed by atoms with Gasteiger partial charge in [0, 0.05) is 0 Å². The summed E-state index contributed by atoms with van der Waals surface area (Å²) >= 11 is 0. The van der Waals surface area contributed by atoms with Crippen molar-refractivity contribution in [3.63, 3.8) is 0 Å². The third kappa shape index (κ3) is 1.63. The molecule has 0 spiro atoms. The molecule has 4 heteroatoms. The van der Waals surface area contributed by atoms with E-state index in [0.717, 1.165) is 17.0 Å². The molecule has 0 saturated heterocycles. The summed E-state index contributed by atoms with van der Waals surface area (Å²) < 4.78 is 0. The number of aromatic amines is 2. The highest BCUT2D eigenvalue weighted by Gasteiger charge is 2.26. The van der Waals surface area contributed by atoms with Crippen LogP contribution in [-0.2, 0) is 0 Å². The topological polar surface area (TPSA) is 53.2 Å². The van der Waals surface area contributed by atoms with Crippen LogP contribution in [0.25, 0.3) is 11.0 Å². The van der Waals surface area contributed by atoms with Gasteiger partial charge < -0.3 is 0 Å². The number of H-pyrrole nitrogens is 2. The Morgan fingerprint density at radius 3 is 2.93 bits per heavy atom. The first kappa shape index (κ1) is 8.59. The quantitative estimate of drug-likeness (QED) is 0.784. The third-order valence-electron chi connectivity index (χ3n) is 2.91. The molecule has 0 atom stereocenters. The third-order valence-corrected chi connectivity index (χ3v) is 2.91. The zero-order valence-electron chi connectivity index (χ0n) is 8.46. The Morgan fingerprint density at radius 2 is 2.13 bits per heavy atom. The Labute approximate surface area is 87.7 Å². The summed E-state index contributed by atoms with van der Waals surface area (Å²) in [7, 11) is 0. The molecule has 0 unspecified atom stereocenters. The summed E-state index contributed by atoms with van der Waals surface area (Å²) in [4.78, 5) is 3.30. The number of anilines is 1. The van der Waals surface area contributed by atoms with E-state index in [2.05, 4.69) is 20.5 Å². The van der Waals surface area contributed by atoms with Gasteiger partial charge >= 0.3 is 5.95 Å². The predicted octanol–water partition coefficient (Wildman–Crippen LogP) is 0.827. The first-order valence-electron chi connectivity index (χ1n) is 5.38. The smallest absolute Gasteiger partial charge is 0.195 e. The van der Waals surface area contributed by atoms with Crippen LogP contribution in [0.1, 0.15) is 19.3 Å². The van der Waals surface area contributed by atoms with Crippen LogP contribution >= 0.6 is 0 Å². The Hall–Kier alpha value is -1.71. The van der Waals surface area contributed by atoms with Crippen molar-refractivity contribution >= 4 is 17.0 Å². The fourth-order valence-corrected chi connectivity index (χ4v) is 1.78. The molecule has 0 radical (unpaired) electrons. The minimum atomic E-state index is 0.612. The van der Waals surface area contributed by atoms with Crippen molar-refractivity contribution in [3.8, 4) is 0 Å². The number of aromatic nitrogens is 3. The summed E-state index contributed by atoms with van der Waals surface area (Å²) in [5.74, 6) is 0.901. The largest absolute Gasteiger partial charge is 0.544 e. The van der Waals surface area contributed by atoms with Crippen LogP contribution in [0, 0.1) is 0 Å². The second-order valence-corrected chi connectivity index (χ2v) is 4.01. The molecular weight excluding hydrogens is 188 g/mol. The average molecular weight is 202 g/mol. The number of hydrogen-bond donors (Lipinski definition) is 1. The minimum Gasteiger partial charge on any atom is -0.195 e. The lowest BCUT2D eigenvalue weighted by Crippen LogP contribution is -2.36. The maximum atomic E-state index is 4.27. The molecule has 3 rings (SSSR count). The second kappa shape index (κ2) is 3.46. The average Bonchev–Trinajstić information content (AvgIpc) is 2.23. The van der Waals surface area contributed by atoms with Crippen molar-refractivity contribution in [1.82, 2.24) is 5.10 Å². The van der Waals surface area contributed by atoms with Gasteiger partial charge in [-0.2, -0.15) is 10.3 Å². The van der Waals surface area contributed by atoms with E-state index in [1.807, 2.05) is 24.3 Å². The Morgan fingerprint density at radius 1 is 1.27 bits per heavy atom. The van der Waals surface area contributed by atoms with Gasteiger partial charge in [0.05, 0.1) is 0 Å². The molecule has 0 bridgehead atoms. The molecule has 4 nitrogen and oxygen atoms in total. The highest BCUT2D eigenvalue weighted by atomic mass is 15.2. The van der Waals surface area contributed by atoms with Crippen molar-refractivity contribution < 1.29 is 10.1 Å². The number of fused-ring (bicyclic) bond motifs is 1. The van der Waals surface area contributed by atoms with E-state index in [0.29, 0.717) is 6.04 Å². The monoisotopic (exact) mass is 202 g/mol. The van der Waals surface area contributed by atoms with E-state index >= 15 is 0 Å². The summed E-state index contributed by atoms with van der Waals surface area (Å²) in [6.07, 6.45) is 3.85. The molecule has 1 saturated carbocycles. The molecule has 0 amide bonds. The minimum absolute atomic E-state index is 0.612. The lowest BCUT2D eigenvalue weighted by molar-refractivity contribution is -0.530. The van der Waals surface area contributed by atoms with E-state index in [1.54, 1.807) is 0 Å². The molecule has 1 aliphatic rings. The second-order valence-electron chi connectivity index (χ2n) is 4.01. The summed E-state index contributed by atoms with van der Waals surface area (Å²) in [5, 5.41) is 10.7. The molecule has 1 heterocycles. The van der Waals surface area contributed by atoms with Gasteiger partial charge in [-0.3, -0.25) is 0 Å². The van der Waals surface area contributed by atoms with Gasteiger partial charge in [0.1, 0.15) is 6.04 Å². The van der Waals surface area contributed by atoms with Crippen LogP contribution in [0.5, 0.6) is 0 Å². The van der Waals surface area contributed by atoms with Gasteiger partial charge in [0.15, 0.2) is 11.0 Å². The molecular formula is C11H14N4+2. The van der Waals surface area contributed by atoms with Crippen LogP contribution in [0.4, 0.5) is 5.95 Å². The molecule has 15 heavy (non-hydrogen) atoms. The van der Waals surface area contributed by atoms with Crippen LogP contribution < -0.4 is 15.4 Å². The van der Waals surface area contributed by atoms with Crippen molar-refractivity contribution in [3.05, 3.63) is 24.3 Å². The van der Waals surface area contributed by atoms with Crippen LogP contribution in [0.3, 0.4) is 0 Å². The van der Waals surface area contributed by atoms with Crippen LogP contribution in [0.2, 0.25) is 0 Å². The number of hydrogen-bond acceptors (Lipinski definition) is 2. The van der Waals surface area contributed by atoms with Gasteiger partial charge in [-0.1, -0.05) is 17.2 Å². The van der Waals surface area contributed by atoms with Gasteiger partial charge in [0.25, 0.3) is 0 Å². The normalized spacial score (nSPS) is 16.3. The van der Waals surface area contributed by atoms with Gasteiger partial charge in [0.2, 0.25) is 0 Å². The Bertz CT molecular complexity index is 479. The fraction of sp³-hybridized carbons (Fsp3) is 0.364. The molecule has 76 valence electrons. The van der Waals surface area contributed by atoms with Crippen molar-refractivity contribution in [2.75, 3.05) is 5.32 Å². The maximum absolute atomic E-state index is 4.27. The standard InChI is InChI=1S/C11H12N4/c1-2-7-10-9(6-1)13-11(15-14-10)12-8-4-3-5-8/h1-2,6-8H,3-5H2,(H,12,13,15)/p+2. The summed E-state index contributed by atoms with van der Waals surface area (Å²) in [6.45, 7) is 0. The molecule has 2 aromatic rings. The van der Waals surface area contributed by atoms with E-state index in [-0.39, 0.29) is 0 Å². The SMILES string of the molecule is c1ccc2[nH+]c(NC3CCC3)[nH+]nc2c1. The lowest BCUT2D eigenvalue weighted by atomic mass is 9.93. The molecule has 1 aromatic heterocycles. The molecule has 0 aliphatic heterocycles. The van der Waals surface area contributed by atoms with E-state index in [4.69, 9.17) is 0 Å². The van der Waals surface area contributed by atoms with Crippen molar-refractivity contribution in [1.29, 1.82) is 0 Å². The first-order valence-corrected chi connectivity index (χ1v) is 5.38. The summed E-state index contributed by atoms with van der Waals surface area (Å²) in [5.41, 5.74) is 2.01. The van der Waals surface area contributed by atoms with Crippen molar-refractivity contribution in [2.45, 2.75) is 25.3 Å². The molecule has 1 aliphatic carbocycles. The fourth-order valence-electron chi connectivity index (χ4n) is 1.78. The molecule has 1 aromatic carbocycles. The number of para-hydroxylation sites is 2. The van der Waals surface area contributed by atoms with E-state index in [1.165, 1.54) is 19.3 Å². The Kier molecular flexibility index (Phi) is 1.98. The van der Waals surface area contributed by atoms with Crippen LogP contribution in [0.15, 0.2) is 24.3 Å². The van der Waals surface area contributed by atoms with Crippen molar-refractivity contribution in [2.24, 2.45) is 0 Å². The Balaban J connectivity index is 1.91. The molecule has 3 N–H and O–H groups in total. The van der Waals surface area contributed by atoms with Crippen LogP contribution in [-0.4, -0.2) is 11.1 Å². The van der Waals surface area contributed by atoms with Gasteiger partial charge in [-0.25, -0.2) is 0 Å². The van der Waals surface area contributed by atoms with Gasteiger partial charge in [-0.15, -0.1) is 0 Å². The number of nitrogens with zero attached hydrogens (tertiary/aromatic N) is 1. The highest BCUT2D eigenvalue weighted by Crippen LogP contribution is 2.20. The number of rotatable bonds is 2. The number of nitrogens with one attached hydrogen (secondary N) is 3. The zero-order valence-corrected chi connectivity index (χ0v) is 8.46. The molecule has 1 fully saturated rings. The summed E-state index contributed by atoms with van der Waals surface area (Å²) in [6, 6.07) is 8.61. The van der Waals surface area contributed by atoms with Gasteiger partial charge in [-0.05, 0) is 36.5 Å². The highest BCUT2D eigenvalue weighted by molar-refractivity contribution is 5.69. The first-order chi connectivity index (χ1) is 7.42. The number of benzene rings is 1. The zero-order chi connectivity index (χ0) is 10.1. The van der Waals surface area contributed by atoms with E-state index in [9.17, 15) is 0 Å². The maximum Gasteiger partial charge on any atom is 0.544 e. The lowest BCUT2D eigenvalue weighted by Gasteiger charge is -2.18.